The molecule has 1 amide bonds. The van der Waals surface area contributed by atoms with Crippen LogP contribution in [0.1, 0.15) is 17.3 Å². The molecule has 0 N–H and O–H groups in total. The molecule has 132 valence electrons. The first kappa shape index (κ1) is 18.5. The number of fused-ring (bicyclic) bond motifs is 1. The summed E-state index contributed by atoms with van der Waals surface area (Å²) in [4.78, 5) is 50.1. The third kappa shape index (κ3) is 3.20. The number of hydrogen-bond acceptors (Lipinski definition) is 7. The van der Waals surface area contributed by atoms with Crippen molar-refractivity contribution in [1.29, 1.82) is 0 Å². The van der Waals surface area contributed by atoms with Gasteiger partial charge in [0.2, 0.25) is 5.78 Å². The molecular weight excluding hydrogens is 354 g/mol. The highest BCUT2D eigenvalue weighted by molar-refractivity contribution is 6.34. The number of rotatable bonds is 3. The Labute approximate surface area is 147 Å². The van der Waals surface area contributed by atoms with Gasteiger partial charge in [-0.1, -0.05) is 11.6 Å². The van der Waals surface area contributed by atoms with Gasteiger partial charge in [-0.25, -0.2) is 19.3 Å². The van der Waals surface area contributed by atoms with E-state index in [1.165, 1.54) is 18.2 Å². The first-order valence-corrected chi connectivity index (χ1v) is 7.47. The topological polar surface area (TPSA) is 99.2 Å². The summed E-state index contributed by atoms with van der Waals surface area (Å²) in [6, 6.07) is 4.19. The van der Waals surface area contributed by atoms with E-state index in [1.54, 1.807) is 6.92 Å². The van der Waals surface area contributed by atoms with Gasteiger partial charge in [0, 0.05) is 10.6 Å². The Morgan fingerprint density at radius 3 is 2.24 bits per heavy atom. The average molecular weight is 368 g/mol. The van der Waals surface area contributed by atoms with Gasteiger partial charge in [0.25, 0.3) is 0 Å². The number of halogens is 1. The Hall–Kier alpha value is -2.87. The molecule has 0 aliphatic carbocycles. The summed E-state index contributed by atoms with van der Waals surface area (Å²) in [7, 11) is 2.06. The number of esters is 2. The SMILES string of the molecule is CCOC(=O)N1C(=C(C(=O)OC)C(=O)OC)C(=O)c2cc(Cl)ccc21. The van der Waals surface area contributed by atoms with Gasteiger partial charge in [-0.15, -0.1) is 0 Å². The largest absolute Gasteiger partial charge is 0.465 e. The Balaban J connectivity index is 2.79. The van der Waals surface area contributed by atoms with Crippen LogP contribution in [0.2, 0.25) is 5.02 Å². The zero-order valence-electron chi connectivity index (χ0n) is 13.6. The molecule has 9 heteroatoms. The maximum atomic E-state index is 12.8. The number of nitrogens with zero attached hydrogens (tertiary/aromatic N) is 1. The lowest BCUT2D eigenvalue weighted by molar-refractivity contribution is -0.144. The summed E-state index contributed by atoms with van der Waals surface area (Å²) in [5.74, 6) is -3.00. The van der Waals surface area contributed by atoms with E-state index >= 15 is 0 Å². The summed E-state index contributed by atoms with van der Waals surface area (Å²) >= 11 is 5.90. The van der Waals surface area contributed by atoms with E-state index in [1.807, 2.05) is 0 Å². The maximum Gasteiger partial charge on any atom is 0.419 e. The zero-order chi connectivity index (χ0) is 18.7. The molecule has 0 unspecified atom stereocenters. The van der Waals surface area contributed by atoms with E-state index in [2.05, 4.69) is 9.47 Å². The van der Waals surface area contributed by atoms with Crippen molar-refractivity contribution in [3.8, 4) is 0 Å². The van der Waals surface area contributed by atoms with Gasteiger partial charge in [0.05, 0.1) is 26.5 Å². The molecule has 1 aromatic carbocycles. The minimum atomic E-state index is -1.12. The van der Waals surface area contributed by atoms with Gasteiger partial charge in [0.1, 0.15) is 5.70 Å². The van der Waals surface area contributed by atoms with Gasteiger partial charge in [-0.2, -0.15) is 0 Å². The molecule has 0 aromatic heterocycles. The number of benzene rings is 1. The molecule has 1 aliphatic heterocycles. The monoisotopic (exact) mass is 367 g/mol. The Morgan fingerprint density at radius 1 is 1.12 bits per heavy atom. The van der Waals surface area contributed by atoms with Gasteiger partial charge < -0.3 is 14.2 Å². The van der Waals surface area contributed by atoms with Crippen LogP contribution < -0.4 is 4.90 Å². The van der Waals surface area contributed by atoms with E-state index in [0.29, 0.717) is 0 Å². The molecule has 0 saturated heterocycles. The fourth-order valence-electron chi connectivity index (χ4n) is 2.32. The molecule has 0 bridgehead atoms. The van der Waals surface area contributed by atoms with E-state index in [9.17, 15) is 19.2 Å². The lowest BCUT2D eigenvalue weighted by Crippen LogP contribution is -2.33. The summed E-state index contributed by atoms with van der Waals surface area (Å²) in [5, 5.41) is 0.245. The first-order chi connectivity index (χ1) is 11.9. The predicted molar refractivity (Wildman–Crippen MR) is 86.3 cm³/mol. The highest BCUT2D eigenvalue weighted by Gasteiger charge is 2.43. The fourth-order valence-corrected chi connectivity index (χ4v) is 2.49. The lowest BCUT2D eigenvalue weighted by atomic mass is 10.1. The van der Waals surface area contributed by atoms with Crippen molar-refractivity contribution in [2.24, 2.45) is 0 Å². The van der Waals surface area contributed by atoms with Gasteiger partial charge >= 0.3 is 18.0 Å². The van der Waals surface area contributed by atoms with Crippen molar-refractivity contribution in [3.63, 3.8) is 0 Å². The number of ether oxygens (including phenoxy) is 3. The van der Waals surface area contributed by atoms with Crippen LogP contribution in [0.15, 0.2) is 29.5 Å². The highest BCUT2D eigenvalue weighted by Crippen LogP contribution is 2.38. The Kier molecular flexibility index (Phi) is 5.43. The van der Waals surface area contributed by atoms with Crippen molar-refractivity contribution in [1.82, 2.24) is 0 Å². The number of methoxy groups -OCH3 is 2. The molecule has 1 aromatic rings. The third-order valence-electron chi connectivity index (χ3n) is 3.35. The number of anilines is 1. The summed E-state index contributed by atoms with van der Waals surface area (Å²) in [6.07, 6.45) is -0.933. The first-order valence-electron chi connectivity index (χ1n) is 7.09. The fraction of sp³-hybridized carbons (Fsp3) is 0.250. The second-order valence-corrected chi connectivity index (χ2v) is 5.17. The molecule has 1 heterocycles. The molecular formula is C16H14ClNO7. The van der Waals surface area contributed by atoms with Crippen LogP contribution in [0.4, 0.5) is 10.5 Å². The summed E-state index contributed by atoms with van der Waals surface area (Å²) < 4.78 is 14.0. The number of ketones is 1. The molecule has 0 atom stereocenters. The maximum absolute atomic E-state index is 12.8. The molecule has 8 nitrogen and oxygen atoms in total. The Morgan fingerprint density at radius 2 is 1.72 bits per heavy atom. The van der Waals surface area contributed by atoms with Crippen molar-refractivity contribution in [3.05, 3.63) is 40.1 Å². The van der Waals surface area contributed by atoms with Crippen LogP contribution >= 0.6 is 11.6 Å². The van der Waals surface area contributed by atoms with Crippen LogP contribution in [0.3, 0.4) is 0 Å². The number of hydrogen-bond donors (Lipinski definition) is 0. The zero-order valence-corrected chi connectivity index (χ0v) is 14.4. The molecule has 25 heavy (non-hydrogen) atoms. The molecule has 1 aliphatic rings. The second-order valence-electron chi connectivity index (χ2n) is 4.73. The van der Waals surface area contributed by atoms with Gasteiger partial charge in [-0.3, -0.25) is 4.79 Å². The smallest absolute Gasteiger partial charge is 0.419 e. The standard InChI is InChI=1S/C16H14ClNO7/c1-4-25-16(22)18-10-6-5-8(17)7-9(10)13(19)12(18)11(14(20)23-2)15(21)24-3/h5-7H,4H2,1-3H3. The van der Waals surface area contributed by atoms with E-state index in [0.717, 1.165) is 19.1 Å². The summed E-state index contributed by atoms with van der Waals surface area (Å²) in [5.41, 5.74) is -1.04. The van der Waals surface area contributed by atoms with Crippen LogP contribution in [0.5, 0.6) is 0 Å². The van der Waals surface area contributed by atoms with Crippen LogP contribution in [-0.2, 0) is 23.8 Å². The predicted octanol–water partition coefficient (Wildman–Crippen LogP) is 2.10. The van der Waals surface area contributed by atoms with E-state index in [4.69, 9.17) is 16.3 Å². The third-order valence-corrected chi connectivity index (χ3v) is 3.58. The minimum absolute atomic E-state index is 0.0194. The number of Topliss-reactive ketones (excluding diaryl/α,β-unsaturated/α-hetero) is 1. The summed E-state index contributed by atoms with van der Waals surface area (Å²) in [6.45, 7) is 1.59. The van der Waals surface area contributed by atoms with Gasteiger partial charge in [-0.05, 0) is 25.1 Å². The Bertz CT molecular complexity index is 782. The van der Waals surface area contributed by atoms with Crippen LogP contribution in [0.25, 0.3) is 0 Å². The normalized spacial score (nSPS) is 12.6. The molecule has 0 radical (unpaired) electrons. The molecule has 0 saturated carbocycles. The van der Waals surface area contributed by atoms with Crippen molar-refractivity contribution in [2.75, 3.05) is 25.7 Å². The van der Waals surface area contributed by atoms with Crippen LogP contribution in [0, 0.1) is 0 Å². The van der Waals surface area contributed by atoms with Crippen molar-refractivity contribution < 1.29 is 33.4 Å². The van der Waals surface area contributed by atoms with Crippen molar-refractivity contribution in [2.45, 2.75) is 6.92 Å². The minimum Gasteiger partial charge on any atom is -0.465 e. The van der Waals surface area contributed by atoms with Crippen molar-refractivity contribution >= 4 is 41.1 Å². The van der Waals surface area contributed by atoms with E-state index < -0.39 is 35.1 Å². The number of carbonyl (C=O) groups is 4. The van der Waals surface area contributed by atoms with Gasteiger partial charge in [0.15, 0.2) is 5.57 Å². The highest BCUT2D eigenvalue weighted by atomic mass is 35.5. The molecule has 0 fully saturated rings. The number of carbonyl (C=O) groups excluding carboxylic acids is 4. The average Bonchev–Trinajstić information content (AvgIpc) is 2.87. The molecule has 2 rings (SSSR count). The second kappa shape index (κ2) is 7.35. The van der Waals surface area contributed by atoms with Crippen LogP contribution in [-0.4, -0.2) is 44.6 Å². The number of allylic oxidation sites excluding steroid dienone is 1. The number of amides is 1. The lowest BCUT2D eigenvalue weighted by Gasteiger charge is -2.19. The quantitative estimate of drug-likeness (QED) is 0.265. The van der Waals surface area contributed by atoms with E-state index in [-0.39, 0.29) is 22.9 Å². The molecule has 0 spiro atoms.